The smallest absolute Gasteiger partial charge is 0.404 e. The van der Waals surface area contributed by atoms with Gasteiger partial charge in [-0.1, -0.05) is 0 Å². The minimum absolute atomic E-state index is 0.208. The highest BCUT2D eigenvalue weighted by Crippen LogP contribution is 1.94. The van der Waals surface area contributed by atoms with E-state index in [0.29, 0.717) is 19.4 Å². The largest absolute Gasteiger partial charge is 0.465 e. The van der Waals surface area contributed by atoms with Gasteiger partial charge in [-0.15, -0.1) is 0 Å². The lowest BCUT2D eigenvalue weighted by atomic mass is 10.1. The second-order valence-corrected chi connectivity index (χ2v) is 2.76. The number of nitrogens with one attached hydrogen (secondary N) is 2. The lowest BCUT2D eigenvalue weighted by molar-refractivity contribution is 0.187. The van der Waals surface area contributed by atoms with E-state index < -0.39 is 12.2 Å². The fourth-order valence-corrected chi connectivity index (χ4v) is 0.967. The SMILES string of the molecule is NC[C@H](CCCNC(=O)O)NC(=O)O. The van der Waals surface area contributed by atoms with Crippen LogP contribution < -0.4 is 16.4 Å². The van der Waals surface area contributed by atoms with E-state index in [1.807, 2.05) is 0 Å². The Balaban J connectivity index is 3.52. The standard InChI is InChI=1S/C7H15N3O4/c8-4-5(10-7(13)14)2-1-3-9-6(11)12/h5,9-10H,1-4,8H2,(H,11,12)(H,13,14)/t5-/m0/s1. The molecule has 2 amide bonds. The zero-order chi connectivity index (χ0) is 11.0. The van der Waals surface area contributed by atoms with Gasteiger partial charge in [0, 0.05) is 19.1 Å². The molecule has 7 heteroatoms. The van der Waals surface area contributed by atoms with Gasteiger partial charge in [-0.2, -0.15) is 0 Å². The van der Waals surface area contributed by atoms with Crippen molar-refractivity contribution in [3.8, 4) is 0 Å². The lowest BCUT2D eigenvalue weighted by Crippen LogP contribution is -2.39. The molecule has 0 aliphatic rings. The van der Waals surface area contributed by atoms with Crippen molar-refractivity contribution in [3.05, 3.63) is 0 Å². The molecule has 7 nitrogen and oxygen atoms in total. The van der Waals surface area contributed by atoms with Gasteiger partial charge in [-0.3, -0.25) is 0 Å². The van der Waals surface area contributed by atoms with Crippen LogP contribution in [0.3, 0.4) is 0 Å². The van der Waals surface area contributed by atoms with Crippen LogP contribution in [0.1, 0.15) is 12.8 Å². The summed E-state index contributed by atoms with van der Waals surface area (Å²) in [6.45, 7) is 0.506. The normalized spacial score (nSPS) is 11.8. The molecule has 0 aromatic carbocycles. The van der Waals surface area contributed by atoms with E-state index in [-0.39, 0.29) is 12.6 Å². The number of nitrogens with two attached hydrogens (primary N) is 1. The second-order valence-electron chi connectivity index (χ2n) is 2.76. The third-order valence-electron chi connectivity index (χ3n) is 1.62. The number of amides is 2. The summed E-state index contributed by atoms with van der Waals surface area (Å²) in [7, 11) is 0. The predicted octanol–water partition coefficient (Wildman–Crippen LogP) is -0.371. The van der Waals surface area contributed by atoms with Crippen LogP contribution in [0.5, 0.6) is 0 Å². The summed E-state index contributed by atoms with van der Waals surface area (Å²) in [5, 5.41) is 21.0. The molecule has 0 aliphatic carbocycles. The Morgan fingerprint density at radius 1 is 1.29 bits per heavy atom. The van der Waals surface area contributed by atoms with Crippen LogP contribution >= 0.6 is 0 Å². The highest BCUT2D eigenvalue weighted by atomic mass is 16.4. The lowest BCUT2D eigenvalue weighted by Gasteiger charge is -2.13. The van der Waals surface area contributed by atoms with E-state index in [1.54, 1.807) is 0 Å². The highest BCUT2D eigenvalue weighted by molar-refractivity contribution is 5.65. The van der Waals surface area contributed by atoms with Crippen LogP contribution in [0, 0.1) is 0 Å². The van der Waals surface area contributed by atoms with Gasteiger partial charge in [0.1, 0.15) is 0 Å². The number of carboxylic acid groups (broad SMARTS) is 2. The van der Waals surface area contributed by atoms with E-state index in [4.69, 9.17) is 15.9 Å². The van der Waals surface area contributed by atoms with E-state index in [2.05, 4.69) is 10.6 Å². The van der Waals surface area contributed by atoms with Gasteiger partial charge in [0.15, 0.2) is 0 Å². The van der Waals surface area contributed by atoms with Crippen LogP contribution in [-0.2, 0) is 0 Å². The van der Waals surface area contributed by atoms with E-state index in [1.165, 1.54) is 0 Å². The molecular formula is C7H15N3O4. The Bertz CT molecular complexity index is 197. The summed E-state index contributed by atoms with van der Waals surface area (Å²) in [6.07, 6.45) is -1.13. The molecule has 82 valence electrons. The van der Waals surface area contributed by atoms with Crippen molar-refractivity contribution in [3.63, 3.8) is 0 Å². The summed E-state index contributed by atoms with van der Waals surface area (Å²) in [4.78, 5) is 20.3. The van der Waals surface area contributed by atoms with Crippen molar-refractivity contribution in [2.45, 2.75) is 18.9 Å². The van der Waals surface area contributed by atoms with Crippen molar-refractivity contribution in [2.75, 3.05) is 13.1 Å². The monoisotopic (exact) mass is 205 g/mol. The Kier molecular flexibility index (Phi) is 6.21. The zero-order valence-corrected chi connectivity index (χ0v) is 7.69. The molecule has 0 unspecified atom stereocenters. The van der Waals surface area contributed by atoms with Gasteiger partial charge in [0.2, 0.25) is 0 Å². The third-order valence-corrected chi connectivity index (χ3v) is 1.62. The molecule has 0 fully saturated rings. The zero-order valence-electron chi connectivity index (χ0n) is 7.69. The molecule has 14 heavy (non-hydrogen) atoms. The summed E-state index contributed by atoms with van der Waals surface area (Å²) in [5.74, 6) is 0. The van der Waals surface area contributed by atoms with Gasteiger partial charge >= 0.3 is 12.2 Å². The average Bonchev–Trinajstić information content (AvgIpc) is 2.09. The minimum Gasteiger partial charge on any atom is -0.465 e. The fourth-order valence-electron chi connectivity index (χ4n) is 0.967. The van der Waals surface area contributed by atoms with Crippen LogP contribution in [0.2, 0.25) is 0 Å². The topological polar surface area (TPSA) is 125 Å². The maximum Gasteiger partial charge on any atom is 0.404 e. The molecule has 1 atom stereocenters. The van der Waals surface area contributed by atoms with Crippen molar-refractivity contribution < 1.29 is 19.8 Å². The van der Waals surface area contributed by atoms with E-state index >= 15 is 0 Å². The summed E-state index contributed by atoms with van der Waals surface area (Å²) < 4.78 is 0. The van der Waals surface area contributed by atoms with Crippen LogP contribution in [0.4, 0.5) is 9.59 Å². The van der Waals surface area contributed by atoms with Gasteiger partial charge < -0.3 is 26.6 Å². The van der Waals surface area contributed by atoms with Crippen molar-refractivity contribution in [1.82, 2.24) is 10.6 Å². The molecule has 0 aromatic heterocycles. The molecular weight excluding hydrogens is 190 g/mol. The average molecular weight is 205 g/mol. The highest BCUT2D eigenvalue weighted by Gasteiger charge is 2.08. The summed E-state index contributed by atoms with van der Waals surface area (Å²) in [6, 6.07) is -0.317. The Labute approximate surface area is 81.3 Å². The predicted molar refractivity (Wildman–Crippen MR) is 49.3 cm³/mol. The molecule has 0 saturated carbocycles. The summed E-state index contributed by atoms with van der Waals surface area (Å²) >= 11 is 0. The van der Waals surface area contributed by atoms with Crippen molar-refractivity contribution >= 4 is 12.2 Å². The first-order valence-corrected chi connectivity index (χ1v) is 4.22. The van der Waals surface area contributed by atoms with Gasteiger partial charge in [-0.05, 0) is 12.8 Å². The molecule has 0 rings (SSSR count). The Morgan fingerprint density at radius 3 is 2.36 bits per heavy atom. The third kappa shape index (κ3) is 7.17. The molecule has 0 bridgehead atoms. The van der Waals surface area contributed by atoms with E-state index in [0.717, 1.165) is 0 Å². The Morgan fingerprint density at radius 2 is 1.93 bits per heavy atom. The van der Waals surface area contributed by atoms with Crippen LogP contribution in [-0.4, -0.2) is 41.5 Å². The fraction of sp³-hybridized carbons (Fsp3) is 0.714. The molecule has 0 aromatic rings. The van der Waals surface area contributed by atoms with Gasteiger partial charge in [-0.25, -0.2) is 9.59 Å². The Hall–Kier alpha value is -1.50. The quantitative estimate of drug-likeness (QED) is 0.378. The van der Waals surface area contributed by atoms with Gasteiger partial charge in [0.05, 0.1) is 0 Å². The second kappa shape index (κ2) is 6.96. The molecule has 0 spiro atoms. The first kappa shape index (κ1) is 12.5. The van der Waals surface area contributed by atoms with Crippen LogP contribution in [0.25, 0.3) is 0 Å². The molecule has 0 saturated heterocycles. The molecule has 6 N–H and O–H groups in total. The number of carbonyl (C=O) groups is 2. The molecule has 0 aliphatic heterocycles. The number of hydrogen-bond donors (Lipinski definition) is 5. The number of hydrogen-bond acceptors (Lipinski definition) is 3. The van der Waals surface area contributed by atoms with Crippen molar-refractivity contribution in [1.29, 1.82) is 0 Å². The number of rotatable bonds is 6. The first-order valence-electron chi connectivity index (χ1n) is 4.22. The van der Waals surface area contributed by atoms with E-state index in [9.17, 15) is 9.59 Å². The summed E-state index contributed by atoms with van der Waals surface area (Å²) in [5.41, 5.74) is 5.30. The van der Waals surface area contributed by atoms with Crippen molar-refractivity contribution in [2.24, 2.45) is 5.73 Å². The maximum absolute atomic E-state index is 10.2. The van der Waals surface area contributed by atoms with Crippen LogP contribution in [0.15, 0.2) is 0 Å². The molecule has 0 radical (unpaired) electrons. The maximum atomic E-state index is 10.2. The molecule has 0 heterocycles. The first-order chi connectivity index (χ1) is 6.56. The minimum atomic E-state index is -1.12. The van der Waals surface area contributed by atoms with Gasteiger partial charge in [0.25, 0.3) is 0 Å².